The van der Waals surface area contributed by atoms with Crippen molar-refractivity contribution in [3.8, 4) is 0 Å². The summed E-state index contributed by atoms with van der Waals surface area (Å²) in [5.74, 6) is -5.54. The topological polar surface area (TPSA) is 166 Å². The average Bonchev–Trinajstić information content (AvgIpc) is 3.33. The number of likely N-dealkylation sites (tertiary alicyclic amines) is 1. The lowest BCUT2D eigenvalue weighted by Crippen LogP contribution is -2.53. The molecule has 2 heterocycles. The number of anilines is 1. The standard InChI is InChI=1S/C27H29FN4O8/c28-20-7-2-1-6-18(20)24-19(26(37)38)14-21(25(36)31-8-10-40-11-9-31)32(24)22(33)15-29-27(39)30-17-5-3-4-16(12-17)13-23(34)35/h1-7,12,19,21,24H,8-11,13-15H2,(H,34,35)(H,37,38)(H2,29,30,39). The van der Waals surface area contributed by atoms with E-state index in [0.717, 1.165) is 11.0 Å². The van der Waals surface area contributed by atoms with Crippen molar-refractivity contribution in [1.82, 2.24) is 15.1 Å². The Labute approximate surface area is 228 Å². The second-order valence-corrected chi connectivity index (χ2v) is 9.48. The number of aliphatic carboxylic acids is 2. The minimum absolute atomic E-state index is 0.0415. The number of amides is 4. The highest BCUT2D eigenvalue weighted by atomic mass is 19.1. The Morgan fingerprint density at radius 3 is 2.40 bits per heavy atom. The molecular weight excluding hydrogens is 527 g/mol. The van der Waals surface area contributed by atoms with Crippen molar-refractivity contribution < 1.29 is 43.3 Å². The molecule has 12 nitrogen and oxygen atoms in total. The van der Waals surface area contributed by atoms with Crippen LogP contribution in [0.15, 0.2) is 48.5 Å². The number of nitrogens with one attached hydrogen (secondary N) is 2. The largest absolute Gasteiger partial charge is 0.481 e. The molecule has 40 heavy (non-hydrogen) atoms. The van der Waals surface area contributed by atoms with Crippen molar-refractivity contribution in [1.29, 1.82) is 0 Å². The highest BCUT2D eigenvalue weighted by Crippen LogP contribution is 2.43. The molecule has 3 unspecified atom stereocenters. The fourth-order valence-corrected chi connectivity index (χ4v) is 5.09. The number of halogens is 1. The molecule has 2 saturated heterocycles. The van der Waals surface area contributed by atoms with Crippen molar-refractivity contribution in [3.05, 3.63) is 65.5 Å². The number of morpholine rings is 1. The van der Waals surface area contributed by atoms with Crippen LogP contribution in [0.2, 0.25) is 0 Å². The number of carbonyl (C=O) groups is 5. The lowest BCUT2D eigenvalue weighted by Gasteiger charge is -2.35. The molecule has 0 aliphatic carbocycles. The third kappa shape index (κ3) is 6.54. The van der Waals surface area contributed by atoms with Gasteiger partial charge in [-0.3, -0.25) is 19.2 Å². The summed E-state index contributed by atoms with van der Waals surface area (Å²) in [6, 6.07) is 8.39. The number of rotatable bonds is 8. The Morgan fingerprint density at radius 1 is 1.00 bits per heavy atom. The Morgan fingerprint density at radius 2 is 1.73 bits per heavy atom. The van der Waals surface area contributed by atoms with Crippen LogP contribution in [-0.2, 0) is 30.3 Å². The van der Waals surface area contributed by atoms with Crippen molar-refractivity contribution in [3.63, 3.8) is 0 Å². The van der Waals surface area contributed by atoms with E-state index in [0.29, 0.717) is 24.5 Å². The van der Waals surface area contributed by atoms with Gasteiger partial charge in [-0.2, -0.15) is 0 Å². The number of hydrogen-bond acceptors (Lipinski definition) is 6. The lowest BCUT2D eigenvalue weighted by molar-refractivity contribution is -0.148. The number of carboxylic acids is 2. The molecule has 2 aliphatic rings. The van der Waals surface area contributed by atoms with Gasteiger partial charge in [0, 0.05) is 24.3 Å². The maximum Gasteiger partial charge on any atom is 0.319 e. The van der Waals surface area contributed by atoms with Crippen LogP contribution in [0.4, 0.5) is 14.9 Å². The van der Waals surface area contributed by atoms with Gasteiger partial charge >= 0.3 is 18.0 Å². The Bertz CT molecular complexity index is 1300. The number of nitrogens with zero attached hydrogens (tertiary/aromatic N) is 2. The van der Waals surface area contributed by atoms with Gasteiger partial charge in [0.05, 0.1) is 38.1 Å². The molecule has 0 saturated carbocycles. The minimum Gasteiger partial charge on any atom is -0.481 e. The first kappa shape index (κ1) is 28.5. The van der Waals surface area contributed by atoms with Crippen molar-refractivity contribution in [2.75, 3.05) is 38.2 Å². The molecule has 2 aromatic rings. The van der Waals surface area contributed by atoms with Gasteiger partial charge in [-0.15, -0.1) is 0 Å². The van der Waals surface area contributed by atoms with Crippen LogP contribution in [0.1, 0.15) is 23.6 Å². The minimum atomic E-state index is -1.28. The summed E-state index contributed by atoms with van der Waals surface area (Å²) in [4.78, 5) is 65.4. The molecule has 0 aromatic heterocycles. The third-order valence-electron chi connectivity index (χ3n) is 6.87. The normalized spacial score (nSPS) is 20.6. The molecular formula is C27H29FN4O8. The number of carbonyl (C=O) groups excluding carboxylic acids is 3. The van der Waals surface area contributed by atoms with Crippen LogP contribution in [-0.4, -0.2) is 88.7 Å². The van der Waals surface area contributed by atoms with Crippen LogP contribution in [0.25, 0.3) is 0 Å². The molecule has 2 fully saturated rings. The molecule has 212 valence electrons. The van der Waals surface area contributed by atoms with E-state index in [9.17, 15) is 33.5 Å². The maximum atomic E-state index is 14.9. The number of benzene rings is 2. The summed E-state index contributed by atoms with van der Waals surface area (Å²) >= 11 is 0. The highest BCUT2D eigenvalue weighted by molar-refractivity contribution is 5.95. The van der Waals surface area contributed by atoms with Crippen molar-refractivity contribution in [2.24, 2.45) is 5.92 Å². The van der Waals surface area contributed by atoms with Gasteiger partial charge in [-0.05, 0) is 30.2 Å². The molecule has 4 N–H and O–H groups in total. The summed E-state index contributed by atoms with van der Waals surface area (Å²) in [7, 11) is 0. The third-order valence-corrected chi connectivity index (χ3v) is 6.87. The maximum absolute atomic E-state index is 14.9. The second kappa shape index (κ2) is 12.6. The molecule has 4 amide bonds. The van der Waals surface area contributed by atoms with Gasteiger partial charge in [0.1, 0.15) is 11.9 Å². The van der Waals surface area contributed by atoms with Gasteiger partial charge in [0.25, 0.3) is 0 Å². The van der Waals surface area contributed by atoms with Gasteiger partial charge in [0.15, 0.2) is 0 Å². The SMILES string of the molecule is O=C(O)Cc1cccc(NC(=O)NCC(=O)N2C(C(=O)N3CCOCC3)CC(C(=O)O)C2c2ccccc2F)c1. The molecule has 4 rings (SSSR count). The van der Waals surface area contributed by atoms with Gasteiger partial charge in [0.2, 0.25) is 11.8 Å². The summed E-state index contributed by atoms with van der Waals surface area (Å²) in [6.07, 6.45) is -0.468. The van der Waals surface area contributed by atoms with Crippen molar-refractivity contribution in [2.45, 2.75) is 24.9 Å². The number of urea groups is 1. The smallest absolute Gasteiger partial charge is 0.319 e. The Balaban J connectivity index is 1.55. The second-order valence-electron chi connectivity index (χ2n) is 9.48. The van der Waals surface area contributed by atoms with E-state index in [1.165, 1.54) is 35.2 Å². The zero-order valence-corrected chi connectivity index (χ0v) is 21.4. The van der Waals surface area contributed by atoms with Crippen LogP contribution in [0, 0.1) is 11.7 Å². The molecule has 3 atom stereocenters. The fourth-order valence-electron chi connectivity index (χ4n) is 5.09. The van der Waals surface area contributed by atoms with Gasteiger partial charge in [-0.25, -0.2) is 9.18 Å². The molecule has 2 aromatic carbocycles. The predicted molar refractivity (Wildman–Crippen MR) is 138 cm³/mol. The molecule has 0 bridgehead atoms. The first-order chi connectivity index (χ1) is 19.2. The number of ether oxygens (including phenoxy) is 1. The summed E-state index contributed by atoms with van der Waals surface area (Å²) in [5.41, 5.74) is 0.705. The van der Waals surface area contributed by atoms with Crippen LogP contribution in [0.5, 0.6) is 0 Å². The number of hydrogen-bond donors (Lipinski definition) is 4. The fraction of sp³-hybridized carbons (Fsp3) is 0.370. The van der Waals surface area contributed by atoms with E-state index in [1.807, 2.05) is 0 Å². The van der Waals surface area contributed by atoms with E-state index in [-0.39, 0.29) is 31.5 Å². The van der Waals surface area contributed by atoms with E-state index in [2.05, 4.69) is 10.6 Å². The highest BCUT2D eigenvalue weighted by Gasteiger charge is 2.52. The first-order valence-electron chi connectivity index (χ1n) is 12.7. The zero-order valence-electron chi connectivity index (χ0n) is 21.4. The first-order valence-corrected chi connectivity index (χ1v) is 12.7. The monoisotopic (exact) mass is 556 g/mol. The quantitative estimate of drug-likeness (QED) is 0.380. The van der Waals surface area contributed by atoms with Crippen LogP contribution >= 0.6 is 0 Å². The average molecular weight is 557 g/mol. The molecule has 0 radical (unpaired) electrons. The van der Waals surface area contributed by atoms with E-state index in [1.54, 1.807) is 12.1 Å². The number of carboxylic acid groups (broad SMARTS) is 2. The molecule has 2 aliphatic heterocycles. The van der Waals surface area contributed by atoms with Crippen LogP contribution < -0.4 is 10.6 Å². The van der Waals surface area contributed by atoms with E-state index < -0.39 is 60.1 Å². The summed E-state index contributed by atoms with van der Waals surface area (Å²) in [6.45, 7) is 0.509. The van der Waals surface area contributed by atoms with E-state index >= 15 is 0 Å². The van der Waals surface area contributed by atoms with E-state index in [4.69, 9.17) is 9.84 Å². The van der Waals surface area contributed by atoms with Gasteiger partial charge < -0.3 is 35.4 Å². The molecule has 0 spiro atoms. The Kier molecular flexibility index (Phi) is 8.94. The molecule has 13 heteroatoms. The van der Waals surface area contributed by atoms with Crippen molar-refractivity contribution >= 4 is 35.5 Å². The Hall–Kier alpha value is -4.52. The lowest BCUT2D eigenvalue weighted by atomic mass is 9.92. The zero-order chi connectivity index (χ0) is 28.8. The summed E-state index contributed by atoms with van der Waals surface area (Å²) < 4.78 is 20.2. The van der Waals surface area contributed by atoms with Gasteiger partial charge in [-0.1, -0.05) is 30.3 Å². The summed E-state index contributed by atoms with van der Waals surface area (Å²) in [5, 5.41) is 23.9. The predicted octanol–water partition coefficient (Wildman–Crippen LogP) is 1.48. The van der Waals surface area contributed by atoms with Crippen LogP contribution in [0.3, 0.4) is 0 Å².